The Morgan fingerprint density at radius 1 is 1.07 bits per heavy atom. The van der Waals surface area contributed by atoms with E-state index in [1.165, 1.54) is 0 Å². The van der Waals surface area contributed by atoms with Gasteiger partial charge in [0.2, 0.25) is 11.8 Å². The number of benzene rings is 1. The topological polar surface area (TPSA) is 31.4 Å². The fourth-order valence-electron chi connectivity index (χ4n) is 1.40. The molecule has 1 heterocycles. The Kier molecular flexibility index (Phi) is 3.74. The second-order valence-electron chi connectivity index (χ2n) is 2.90. The molecule has 0 aliphatic carbocycles. The van der Waals surface area contributed by atoms with E-state index < -0.39 is 0 Å². The van der Waals surface area contributed by atoms with Gasteiger partial charge in [-0.2, -0.15) is 4.98 Å². The van der Waals surface area contributed by atoms with Crippen LogP contribution in [-0.2, 0) is 0 Å². The molecule has 0 aliphatic heterocycles. The zero-order valence-electron chi connectivity index (χ0n) is 8.56. The van der Waals surface area contributed by atoms with Crippen molar-refractivity contribution >= 4 is 23.2 Å². The molecule has 3 nitrogen and oxygen atoms in total. The SMILES string of the molecule is COc1cc2ccccc2c(OC)n1.Cl. The van der Waals surface area contributed by atoms with Gasteiger partial charge in [-0.15, -0.1) is 12.4 Å². The molecule has 0 radical (unpaired) electrons. The number of aromatic nitrogens is 1. The highest BCUT2D eigenvalue weighted by Gasteiger charge is 2.04. The van der Waals surface area contributed by atoms with Crippen molar-refractivity contribution in [3.8, 4) is 11.8 Å². The number of nitrogens with zero attached hydrogens (tertiary/aromatic N) is 1. The summed E-state index contributed by atoms with van der Waals surface area (Å²) in [6.07, 6.45) is 0. The Bertz CT molecular complexity index is 459. The fraction of sp³-hybridized carbons (Fsp3) is 0.182. The fourth-order valence-corrected chi connectivity index (χ4v) is 1.40. The summed E-state index contributed by atoms with van der Waals surface area (Å²) in [6, 6.07) is 9.79. The molecule has 0 N–H and O–H groups in total. The number of rotatable bonds is 2. The predicted molar refractivity (Wildman–Crippen MR) is 62.1 cm³/mol. The van der Waals surface area contributed by atoms with Crippen LogP contribution in [0.5, 0.6) is 11.8 Å². The minimum Gasteiger partial charge on any atom is -0.481 e. The number of hydrogen-bond donors (Lipinski definition) is 0. The molecular weight excluding hydrogens is 214 g/mol. The molecule has 1 aromatic carbocycles. The van der Waals surface area contributed by atoms with E-state index in [2.05, 4.69) is 4.98 Å². The quantitative estimate of drug-likeness (QED) is 0.788. The second-order valence-corrected chi connectivity index (χ2v) is 2.90. The van der Waals surface area contributed by atoms with Gasteiger partial charge in [-0.3, -0.25) is 0 Å². The summed E-state index contributed by atoms with van der Waals surface area (Å²) in [7, 11) is 3.20. The first-order valence-electron chi connectivity index (χ1n) is 4.33. The van der Waals surface area contributed by atoms with E-state index in [0.717, 1.165) is 10.8 Å². The zero-order valence-corrected chi connectivity index (χ0v) is 9.38. The summed E-state index contributed by atoms with van der Waals surface area (Å²) in [4.78, 5) is 4.19. The third kappa shape index (κ3) is 2.13. The van der Waals surface area contributed by atoms with E-state index in [0.29, 0.717) is 11.8 Å². The van der Waals surface area contributed by atoms with E-state index in [4.69, 9.17) is 9.47 Å². The van der Waals surface area contributed by atoms with Crippen LogP contribution in [0.3, 0.4) is 0 Å². The average molecular weight is 226 g/mol. The lowest BCUT2D eigenvalue weighted by Gasteiger charge is -2.06. The maximum absolute atomic E-state index is 5.18. The minimum absolute atomic E-state index is 0. The lowest BCUT2D eigenvalue weighted by molar-refractivity contribution is 0.369. The van der Waals surface area contributed by atoms with Crippen molar-refractivity contribution in [1.82, 2.24) is 4.98 Å². The number of fused-ring (bicyclic) bond motifs is 1. The molecule has 0 aliphatic rings. The summed E-state index contributed by atoms with van der Waals surface area (Å²) < 4.78 is 10.3. The van der Waals surface area contributed by atoms with Crippen molar-refractivity contribution < 1.29 is 9.47 Å². The van der Waals surface area contributed by atoms with Gasteiger partial charge in [0.25, 0.3) is 0 Å². The zero-order chi connectivity index (χ0) is 9.97. The smallest absolute Gasteiger partial charge is 0.224 e. The van der Waals surface area contributed by atoms with Gasteiger partial charge in [0.15, 0.2) is 0 Å². The second kappa shape index (κ2) is 4.84. The normalized spacial score (nSPS) is 9.47. The van der Waals surface area contributed by atoms with Crippen LogP contribution in [0.1, 0.15) is 0 Å². The Labute approximate surface area is 94.4 Å². The lowest BCUT2D eigenvalue weighted by Crippen LogP contribution is -1.93. The van der Waals surface area contributed by atoms with Crippen LogP contribution >= 0.6 is 12.4 Å². The highest BCUT2D eigenvalue weighted by Crippen LogP contribution is 2.26. The van der Waals surface area contributed by atoms with Crippen molar-refractivity contribution in [3.05, 3.63) is 30.3 Å². The molecule has 0 saturated heterocycles. The van der Waals surface area contributed by atoms with Crippen molar-refractivity contribution in [2.75, 3.05) is 14.2 Å². The number of hydrogen-bond acceptors (Lipinski definition) is 3. The lowest BCUT2D eigenvalue weighted by atomic mass is 10.2. The van der Waals surface area contributed by atoms with Crippen LogP contribution in [-0.4, -0.2) is 19.2 Å². The van der Waals surface area contributed by atoms with Gasteiger partial charge in [0.1, 0.15) is 0 Å². The average Bonchev–Trinajstić information content (AvgIpc) is 2.27. The molecule has 2 rings (SSSR count). The highest BCUT2D eigenvalue weighted by molar-refractivity contribution is 5.87. The van der Waals surface area contributed by atoms with Crippen LogP contribution < -0.4 is 9.47 Å². The first-order valence-corrected chi connectivity index (χ1v) is 4.33. The molecule has 0 unspecified atom stereocenters. The highest BCUT2D eigenvalue weighted by atomic mass is 35.5. The van der Waals surface area contributed by atoms with Crippen LogP contribution in [0.15, 0.2) is 30.3 Å². The maximum Gasteiger partial charge on any atom is 0.224 e. The summed E-state index contributed by atoms with van der Waals surface area (Å²) in [5.74, 6) is 1.17. The molecule has 0 spiro atoms. The Morgan fingerprint density at radius 3 is 2.47 bits per heavy atom. The van der Waals surface area contributed by atoms with Crippen molar-refractivity contribution in [1.29, 1.82) is 0 Å². The van der Waals surface area contributed by atoms with Gasteiger partial charge in [-0.05, 0) is 11.5 Å². The van der Waals surface area contributed by atoms with E-state index in [-0.39, 0.29) is 12.4 Å². The third-order valence-corrected chi connectivity index (χ3v) is 2.08. The van der Waals surface area contributed by atoms with E-state index >= 15 is 0 Å². The molecule has 0 amide bonds. The predicted octanol–water partition coefficient (Wildman–Crippen LogP) is 2.67. The molecular formula is C11H12ClNO2. The number of ether oxygens (including phenoxy) is 2. The van der Waals surface area contributed by atoms with Crippen molar-refractivity contribution in [2.24, 2.45) is 0 Å². The number of halogens is 1. The van der Waals surface area contributed by atoms with Crippen LogP contribution in [0, 0.1) is 0 Å². The van der Waals surface area contributed by atoms with Crippen LogP contribution in [0.25, 0.3) is 10.8 Å². The van der Waals surface area contributed by atoms with Crippen LogP contribution in [0.2, 0.25) is 0 Å². The molecule has 4 heteroatoms. The first-order chi connectivity index (χ1) is 6.85. The number of pyridine rings is 1. The summed E-state index contributed by atoms with van der Waals surface area (Å²) in [5, 5.41) is 2.06. The molecule has 2 aromatic rings. The van der Waals surface area contributed by atoms with Gasteiger partial charge in [0.05, 0.1) is 14.2 Å². The standard InChI is InChI=1S/C11H11NO2.ClH/c1-13-10-7-8-5-3-4-6-9(8)11(12-10)14-2;/h3-7H,1-2H3;1H. The van der Waals surface area contributed by atoms with E-state index in [9.17, 15) is 0 Å². The molecule has 0 fully saturated rings. The van der Waals surface area contributed by atoms with Crippen molar-refractivity contribution in [3.63, 3.8) is 0 Å². The van der Waals surface area contributed by atoms with Gasteiger partial charge >= 0.3 is 0 Å². The van der Waals surface area contributed by atoms with Gasteiger partial charge < -0.3 is 9.47 Å². The van der Waals surface area contributed by atoms with Crippen LogP contribution in [0.4, 0.5) is 0 Å². The number of methoxy groups -OCH3 is 2. The van der Waals surface area contributed by atoms with Gasteiger partial charge in [-0.25, -0.2) is 0 Å². The molecule has 0 saturated carbocycles. The molecule has 80 valence electrons. The first kappa shape index (κ1) is 11.6. The summed E-state index contributed by atoms with van der Waals surface area (Å²) in [5.41, 5.74) is 0. The Morgan fingerprint density at radius 2 is 1.80 bits per heavy atom. The molecule has 0 bridgehead atoms. The monoisotopic (exact) mass is 225 g/mol. The molecule has 1 aromatic heterocycles. The van der Waals surface area contributed by atoms with E-state index in [1.54, 1.807) is 14.2 Å². The third-order valence-electron chi connectivity index (χ3n) is 2.08. The van der Waals surface area contributed by atoms with Crippen molar-refractivity contribution in [2.45, 2.75) is 0 Å². The molecule has 15 heavy (non-hydrogen) atoms. The largest absolute Gasteiger partial charge is 0.481 e. The minimum atomic E-state index is 0. The maximum atomic E-state index is 5.18. The molecule has 0 atom stereocenters. The van der Waals surface area contributed by atoms with E-state index in [1.807, 2.05) is 30.3 Å². The Balaban J connectivity index is 0.00000112. The van der Waals surface area contributed by atoms with Gasteiger partial charge in [0, 0.05) is 11.5 Å². The van der Waals surface area contributed by atoms with Gasteiger partial charge in [-0.1, -0.05) is 18.2 Å². The summed E-state index contributed by atoms with van der Waals surface area (Å²) >= 11 is 0. The summed E-state index contributed by atoms with van der Waals surface area (Å²) in [6.45, 7) is 0. The Hall–Kier alpha value is -1.48.